The summed E-state index contributed by atoms with van der Waals surface area (Å²) in [4.78, 5) is 1.41. The van der Waals surface area contributed by atoms with Crippen molar-refractivity contribution in [1.29, 1.82) is 0 Å². The van der Waals surface area contributed by atoms with E-state index in [9.17, 15) is 0 Å². The molecular weight excluding hydrogens is 262 g/mol. The molecule has 2 aromatic rings. The lowest BCUT2D eigenvalue weighted by molar-refractivity contribution is 0.554. The van der Waals surface area contributed by atoms with Crippen LogP contribution in [-0.2, 0) is 6.42 Å². The minimum Gasteiger partial charge on any atom is -0.377 e. The van der Waals surface area contributed by atoms with Crippen LogP contribution in [0.4, 0.5) is 5.69 Å². The highest BCUT2D eigenvalue weighted by Crippen LogP contribution is 2.29. The van der Waals surface area contributed by atoms with Crippen molar-refractivity contribution < 1.29 is 0 Å². The number of rotatable bonds is 7. The van der Waals surface area contributed by atoms with Crippen molar-refractivity contribution in [3.63, 3.8) is 0 Å². The molecule has 2 heteroatoms. The monoisotopic (exact) mass is 287 g/mol. The normalized spacial score (nSPS) is 12.6. The van der Waals surface area contributed by atoms with Crippen molar-refractivity contribution in [2.45, 2.75) is 46.1 Å². The summed E-state index contributed by atoms with van der Waals surface area (Å²) in [6, 6.07) is 13.7. The first kappa shape index (κ1) is 15.1. The number of aryl methyl sites for hydroxylation is 1. The summed E-state index contributed by atoms with van der Waals surface area (Å²) in [5.74, 6) is 0.577. The lowest BCUT2D eigenvalue weighted by atomic mass is 10.0. The van der Waals surface area contributed by atoms with Gasteiger partial charge in [-0.3, -0.25) is 0 Å². The maximum atomic E-state index is 3.67. The standard InChI is InChI=1S/C18H25NS/c1-4-5-7-15-9-11-16(12-10-15)19-18(14(2)3)17-8-6-13-20-17/h6,8-14,18-19H,4-5,7H2,1-3H3. The Kier molecular flexibility index (Phi) is 5.66. The van der Waals surface area contributed by atoms with Gasteiger partial charge in [0.1, 0.15) is 0 Å². The largest absolute Gasteiger partial charge is 0.377 e. The summed E-state index contributed by atoms with van der Waals surface area (Å²) in [7, 11) is 0. The van der Waals surface area contributed by atoms with Gasteiger partial charge in [-0.2, -0.15) is 0 Å². The minimum atomic E-state index is 0.400. The highest BCUT2D eigenvalue weighted by molar-refractivity contribution is 7.10. The van der Waals surface area contributed by atoms with Crippen LogP contribution >= 0.6 is 11.3 Å². The van der Waals surface area contributed by atoms with Gasteiger partial charge in [0, 0.05) is 10.6 Å². The van der Waals surface area contributed by atoms with Crippen molar-refractivity contribution in [2.75, 3.05) is 5.32 Å². The van der Waals surface area contributed by atoms with E-state index in [0.29, 0.717) is 12.0 Å². The van der Waals surface area contributed by atoms with E-state index in [1.165, 1.54) is 35.4 Å². The number of thiophene rings is 1. The molecule has 0 saturated carbocycles. The van der Waals surface area contributed by atoms with Crippen LogP contribution in [0.5, 0.6) is 0 Å². The number of benzene rings is 1. The lowest BCUT2D eigenvalue weighted by Gasteiger charge is -2.22. The maximum Gasteiger partial charge on any atom is 0.0629 e. The molecule has 0 fully saturated rings. The van der Waals surface area contributed by atoms with Crippen LogP contribution in [0.25, 0.3) is 0 Å². The van der Waals surface area contributed by atoms with Gasteiger partial charge in [-0.1, -0.05) is 45.4 Å². The number of hydrogen-bond donors (Lipinski definition) is 1. The van der Waals surface area contributed by atoms with Crippen LogP contribution < -0.4 is 5.32 Å². The fourth-order valence-corrected chi connectivity index (χ4v) is 3.31. The van der Waals surface area contributed by atoms with Gasteiger partial charge in [-0.15, -0.1) is 11.3 Å². The quantitative estimate of drug-likeness (QED) is 0.668. The predicted octanol–water partition coefficient (Wildman–Crippen LogP) is 5.90. The second-order valence-corrected chi connectivity index (χ2v) is 6.66. The van der Waals surface area contributed by atoms with Gasteiger partial charge >= 0.3 is 0 Å². The first-order valence-electron chi connectivity index (χ1n) is 7.59. The van der Waals surface area contributed by atoms with E-state index < -0.39 is 0 Å². The van der Waals surface area contributed by atoms with Crippen LogP contribution in [0.1, 0.15) is 50.1 Å². The van der Waals surface area contributed by atoms with E-state index in [4.69, 9.17) is 0 Å². The Hall–Kier alpha value is -1.28. The van der Waals surface area contributed by atoms with E-state index >= 15 is 0 Å². The van der Waals surface area contributed by atoms with Crippen LogP contribution in [-0.4, -0.2) is 0 Å². The molecule has 108 valence electrons. The Bertz CT molecular complexity index is 485. The van der Waals surface area contributed by atoms with Gasteiger partial charge in [0.25, 0.3) is 0 Å². The van der Waals surface area contributed by atoms with Gasteiger partial charge < -0.3 is 5.32 Å². The van der Waals surface area contributed by atoms with Gasteiger partial charge in [0.15, 0.2) is 0 Å². The van der Waals surface area contributed by atoms with Gasteiger partial charge in [0.05, 0.1) is 6.04 Å². The molecule has 0 aliphatic rings. The molecule has 0 aliphatic heterocycles. The molecule has 0 amide bonds. The van der Waals surface area contributed by atoms with E-state index in [1.54, 1.807) is 0 Å². The summed E-state index contributed by atoms with van der Waals surface area (Å²) in [6.07, 6.45) is 3.72. The molecule has 2 rings (SSSR count). The third-order valence-corrected chi connectivity index (χ3v) is 4.57. The Labute approximate surface area is 127 Å². The third kappa shape index (κ3) is 4.11. The van der Waals surface area contributed by atoms with Crippen LogP contribution in [0.2, 0.25) is 0 Å². The summed E-state index contributed by atoms with van der Waals surface area (Å²) in [5.41, 5.74) is 2.66. The molecule has 1 nitrogen and oxygen atoms in total. The van der Waals surface area contributed by atoms with Crippen molar-refractivity contribution in [3.8, 4) is 0 Å². The fraction of sp³-hybridized carbons (Fsp3) is 0.444. The molecule has 1 aromatic carbocycles. The lowest BCUT2D eigenvalue weighted by Crippen LogP contribution is -2.15. The molecule has 0 radical (unpaired) electrons. The molecule has 20 heavy (non-hydrogen) atoms. The van der Waals surface area contributed by atoms with Gasteiger partial charge in [-0.25, -0.2) is 0 Å². The highest BCUT2D eigenvalue weighted by atomic mass is 32.1. The van der Waals surface area contributed by atoms with Crippen LogP contribution in [0, 0.1) is 5.92 Å². The molecule has 1 heterocycles. The first-order chi connectivity index (χ1) is 9.70. The zero-order valence-electron chi connectivity index (χ0n) is 12.7. The summed E-state index contributed by atoms with van der Waals surface area (Å²) >= 11 is 1.83. The minimum absolute atomic E-state index is 0.400. The van der Waals surface area contributed by atoms with Crippen molar-refractivity contribution in [3.05, 3.63) is 52.2 Å². The highest BCUT2D eigenvalue weighted by Gasteiger charge is 2.16. The fourth-order valence-electron chi connectivity index (χ4n) is 2.36. The van der Waals surface area contributed by atoms with Crippen molar-refractivity contribution >= 4 is 17.0 Å². The molecular formula is C18H25NS. The Morgan fingerprint density at radius 3 is 2.40 bits per heavy atom. The summed E-state index contributed by atoms with van der Waals surface area (Å²) in [6.45, 7) is 6.78. The number of unbranched alkanes of at least 4 members (excludes halogenated alkanes) is 1. The average molecular weight is 287 g/mol. The van der Waals surface area contributed by atoms with E-state index in [1.807, 2.05) is 11.3 Å². The number of anilines is 1. The molecule has 1 N–H and O–H groups in total. The van der Waals surface area contributed by atoms with Gasteiger partial charge in [-0.05, 0) is 47.9 Å². The van der Waals surface area contributed by atoms with E-state index in [-0.39, 0.29) is 0 Å². The summed E-state index contributed by atoms with van der Waals surface area (Å²) in [5, 5.41) is 5.83. The van der Waals surface area contributed by atoms with Crippen LogP contribution in [0.15, 0.2) is 41.8 Å². The van der Waals surface area contributed by atoms with E-state index in [0.717, 1.165) is 0 Å². The number of hydrogen-bond acceptors (Lipinski definition) is 2. The molecule has 1 unspecified atom stereocenters. The Morgan fingerprint density at radius 2 is 1.85 bits per heavy atom. The zero-order valence-corrected chi connectivity index (χ0v) is 13.5. The zero-order chi connectivity index (χ0) is 14.4. The average Bonchev–Trinajstić information content (AvgIpc) is 2.97. The Morgan fingerprint density at radius 1 is 1.10 bits per heavy atom. The first-order valence-corrected chi connectivity index (χ1v) is 8.47. The van der Waals surface area contributed by atoms with E-state index in [2.05, 4.69) is 67.9 Å². The molecule has 1 atom stereocenters. The van der Waals surface area contributed by atoms with Crippen molar-refractivity contribution in [1.82, 2.24) is 0 Å². The third-order valence-electron chi connectivity index (χ3n) is 3.61. The second kappa shape index (κ2) is 7.49. The molecule has 0 bridgehead atoms. The second-order valence-electron chi connectivity index (χ2n) is 5.68. The van der Waals surface area contributed by atoms with Crippen LogP contribution in [0.3, 0.4) is 0 Å². The predicted molar refractivity (Wildman–Crippen MR) is 90.6 cm³/mol. The maximum absolute atomic E-state index is 3.67. The molecule has 0 spiro atoms. The topological polar surface area (TPSA) is 12.0 Å². The smallest absolute Gasteiger partial charge is 0.0629 e. The molecule has 1 aromatic heterocycles. The number of nitrogens with one attached hydrogen (secondary N) is 1. The van der Waals surface area contributed by atoms with Crippen molar-refractivity contribution in [2.24, 2.45) is 5.92 Å². The Balaban J connectivity index is 2.04. The molecule has 0 aliphatic carbocycles. The van der Waals surface area contributed by atoms with Gasteiger partial charge in [0.2, 0.25) is 0 Å². The molecule has 0 saturated heterocycles. The SMILES string of the molecule is CCCCc1ccc(NC(c2cccs2)C(C)C)cc1. The summed E-state index contributed by atoms with van der Waals surface area (Å²) < 4.78 is 0.